The van der Waals surface area contributed by atoms with Gasteiger partial charge in [-0.3, -0.25) is 0 Å². The van der Waals surface area contributed by atoms with Gasteiger partial charge in [0, 0.05) is 4.47 Å². The molecule has 0 amide bonds. The van der Waals surface area contributed by atoms with Crippen LogP contribution in [0.4, 0.5) is 26.3 Å². The first-order chi connectivity index (χ1) is 13.4. The van der Waals surface area contributed by atoms with Gasteiger partial charge in [0.15, 0.2) is 19.4 Å². The molecule has 0 radical (unpaired) electrons. The lowest BCUT2D eigenvalue weighted by atomic mass is 10.3. The molecule has 168 valence electrons. The maximum Gasteiger partial charge on any atom is 0.534 e. The highest BCUT2D eigenvalue weighted by atomic mass is 127. The van der Waals surface area contributed by atoms with E-state index in [4.69, 9.17) is 13.0 Å². The zero-order valence-corrected chi connectivity index (χ0v) is 19.3. The van der Waals surface area contributed by atoms with Gasteiger partial charge in [-0.1, -0.05) is 28.1 Å². The van der Waals surface area contributed by atoms with Crippen molar-refractivity contribution in [2.75, 3.05) is 0 Å². The van der Waals surface area contributed by atoms with Gasteiger partial charge in [-0.25, -0.2) is 8.42 Å². The normalized spacial score (nSPS) is 12.7. The Labute approximate surface area is 185 Å². The molecule has 0 aliphatic carbocycles. The molecule has 0 bridgehead atoms. The minimum absolute atomic E-state index is 0.282. The van der Waals surface area contributed by atoms with Crippen molar-refractivity contribution in [1.29, 1.82) is 0 Å². The van der Waals surface area contributed by atoms with Gasteiger partial charge in [-0.2, -0.15) is 34.8 Å². The molecule has 2 rings (SSSR count). The van der Waals surface area contributed by atoms with Crippen molar-refractivity contribution in [2.45, 2.75) is 11.0 Å². The predicted octanol–water partition coefficient (Wildman–Crippen LogP) is 0.857. The van der Waals surface area contributed by atoms with Crippen molar-refractivity contribution in [3.05, 3.63) is 60.1 Å². The molecule has 0 N–H and O–H groups in total. The van der Waals surface area contributed by atoms with E-state index in [1.165, 1.54) is 12.1 Å². The molecule has 30 heavy (non-hydrogen) atoms. The van der Waals surface area contributed by atoms with Crippen LogP contribution < -0.4 is 25.4 Å². The van der Waals surface area contributed by atoms with E-state index >= 15 is 0 Å². The van der Waals surface area contributed by atoms with Crippen LogP contribution in [-0.4, -0.2) is 32.4 Å². The molecule has 0 aliphatic rings. The lowest BCUT2D eigenvalue weighted by Crippen LogP contribution is -3.61. The zero-order valence-electron chi connectivity index (χ0n) is 13.9. The van der Waals surface area contributed by atoms with E-state index in [9.17, 15) is 34.8 Å². The standard InChI is InChI=1S/C13H8BrF3IO3S.CHF3O3S/c14-9-5-7-10(8-6-9)18-11-3-1-2-4-12(11)21-22(19,20)13(15,16)17;2-1(3,4)8(5,6)7/h1-8H;(H,5,6,7)/q+1;/p-1. The highest BCUT2D eigenvalue weighted by molar-refractivity contribution is 9.10. The van der Waals surface area contributed by atoms with Crippen molar-refractivity contribution < 1.29 is 73.1 Å². The van der Waals surface area contributed by atoms with Gasteiger partial charge in [0.1, 0.15) is 0 Å². The van der Waals surface area contributed by atoms with Crippen LogP contribution in [0.2, 0.25) is 0 Å². The van der Waals surface area contributed by atoms with Crippen LogP contribution in [0, 0.1) is 7.14 Å². The molecule has 0 atom stereocenters. The number of benzene rings is 2. The first-order valence-electron chi connectivity index (χ1n) is 6.96. The lowest BCUT2D eigenvalue weighted by Gasteiger charge is -2.08. The van der Waals surface area contributed by atoms with Gasteiger partial charge in [0.2, 0.25) is 3.57 Å². The smallest absolute Gasteiger partial charge is 0.534 e. The Balaban J connectivity index is 0.000000479. The van der Waals surface area contributed by atoms with Gasteiger partial charge >= 0.3 is 42.3 Å². The fourth-order valence-electron chi connectivity index (χ4n) is 1.37. The van der Waals surface area contributed by atoms with Crippen LogP contribution >= 0.6 is 15.9 Å². The van der Waals surface area contributed by atoms with Crippen molar-refractivity contribution in [2.24, 2.45) is 0 Å². The Bertz CT molecular complexity index is 1070. The third kappa shape index (κ3) is 8.20. The van der Waals surface area contributed by atoms with Crippen molar-refractivity contribution >= 4 is 36.2 Å². The first kappa shape index (κ1) is 26.9. The summed E-state index contributed by atoms with van der Waals surface area (Å²) >= 11 is 2.42. The average Bonchev–Trinajstić information content (AvgIpc) is 2.56. The Morgan fingerprint density at radius 2 is 1.30 bits per heavy atom. The third-order valence-electron chi connectivity index (χ3n) is 2.62. The Kier molecular flexibility index (Phi) is 8.98. The molecule has 0 unspecified atom stereocenters. The Morgan fingerprint density at radius 3 is 1.73 bits per heavy atom. The molecule has 0 heterocycles. The van der Waals surface area contributed by atoms with Gasteiger partial charge in [0.05, 0.1) is 0 Å². The zero-order chi connectivity index (χ0) is 23.4. The van der Waals surface area contributed by atoms with Gasteiger partial charge < -0.3 is 8.74 Å². The van der Waals surface area contributed by atoms with Gasteiger partial charge in [-0.15, -0.1) is 0 Å². The number of halogens is 8. The fourth-order valence-corrected chi connectivity index (χ4v) is 4.59. The van der Waals surface area contributed by atoms with E-state index in [-0.39, 0.29) is 5.75 Å². The van der Waals surface area contributed by atoms with E-state index in [2.05, 4.69) is 20.1 Å². The molecule has 0 aliphatic heterocycles. The van der Waals surface area contributed by atoms with E-state index in [1.54, 1.807) is 12.1 Å². The highest BCUT2D eigenvalue weighted by Gasteiger charge is 2.49. The molecule has 0 saturated carbocycles. The number of rotatable bonds is 4. The second-order valence-electron chi connectivity index (χ2n) is 4.84. The van der Waals surface area contributed by atoms with Crippen molar-refractivity contribution in [1.82, 2.24) is 0 Å². The molecule has 16 heteroatoms. The molecule has 0 fully saturated rings. The summed E-state index contributed by atoms with van der Waals surface area (Å²) in [7, 11) is -11.8. The molecule has 2 aromatic rings. The molecular formula is C14H8BrF6IO6S2. The van der Waals surface area contributed by atoms with Crippen LogP contribution in [0.25, 0.3) is 0 Å². The van der Waals surface area contributed by atoms with Crippen molar-refractivity contribution in [3.8, 4) is 5.75 Å². The fraction of sp³-hybridized carbons (Fsp3) is 0.143. The quantitative estimate of drug-likeness (QED) is 0.159. The molecule has 0 saturated heterocycles. The summed E-state index contributed by atoms with van der Waals surface area (Å²) in [6.45, 7) is 0. The number of alkyl halides is 6. The predicted molar refractivity (Wildman–Crippen MR) is 89.3 cm³/mol. The maximum atomic E-state index is 12.4. The average molecular weight is 657 g/mol. The van der Waals surface area contributed by atoms with E-state index in [0.717, 1.165) is 8.04 Å². The maximum absolute atomic E-state index is 12.4. The summed E-state index contributed by atoms with van der Waals surface area (Å²) in [6, 6.07) is 13.1. The van der Waals surface area contributed by atoms with Crippen LogP contribution in [-0.2, 0) is 20.2 Å². The summed E-state index contributed by atoms with van der Waals surface area (Å²) in [5.74, 6) is -0.282. The minimum atomic E-state index is -6.09. The summed E-state index contributed by atoms with van der Waals surface area (Å²) in [5, 5.41) is 0. The van der Waals surface area contributed by atoms with E-state index in [0.29, 0.717) is 3.57 Å². The summed E-state index contributed by atoms with van der Waals surface area (Å²) < 4.78 is 125. The molecular weight excluding hydrogens is 649 g/mol. The number of hydrogen-bond acceptors (Lipinski definition) is 6. The van der Waals surface area contributed by atoms with Gasteiger partial charge in [-0.05, 0) is 36.4 Å². The summed E-state index contributed by atoms with van der Waals surface area (Å²) in [5.41, 5.74) is -11.1. The van der Waals surface area contributed by atoms with Crippen LogP contribution in [0.15, 0.2) is 53.0 Å². The second kappa shape index (κ2) is 10.0. The summed E-state index contributed by atoms with van der Waals surface area (Å²) in [6.07, 6.45) is 0. The van der Waals surface area contributed by atoms with Crippen LogP contribution in [0.5, 0.6) is 5.75 Å². The van der Waals surface area contributed by atoms with Gasteiger partial charge in [0.25, 0.3) is 0 Å². The topological polar surface area (TPSA) is 101 Å². The summed E-state index contributed by atoms with van der Waals surface area (Å²) in [4.78, 5) is 0. The lowest BCUT2D eigenvalue weighted by molar-refractivity contribution is -0.598. The largest absolute Gasteiger partial charge is 0.741 e. The Hall–Kier alpha value is -1.11. The van der Waals surface area contributed by atoms with E-state index in [1.807, 2.05) is 24.3 Å². The Morgan fingerprint density at radius 1 is 0.833 bits per heavy atom. The highest BCUT2D eigenvalue weighted by Crippen LogP contribution is 2.26. The third-order valence-corrected chi connectivity index (χ3v) is 7.49. The second-order valence-corrected chi connectivity index (χ2v) is 11.6. The molecule has 0 spiro atoms. The SMILES string of the molecule is O=S(=O)(Oc1ccccc1[I+]c1ccc(Br)cc1)C(F)(F)F.O=S(=O)([O-])C(F)(F)F. The van der Waals surface area contributed by atoms with Crippen LogP contribution in [0.3, 0.4) is 0 Å². The number of para-hydroxylation sites is 1. The van der Waals surface area contributed by atoms with E-state index < -0.39 is 52.5 Å². The first-order valence-corrected chi connectivity index (χ1v) is 12.7. The molecule has 2 aromatic carbocycles. The monoisotopic (exact) mass is 656 g/mol. The van der Waals surface area contributed by atoms with Crippen LogP contribution in [0.1, 0.15) is 0 Å². The van der Waals surface area contributed by atoms with Crippen molar-refractivity contribution in [3.63, 3.8) is 0 Å². The number of hydrogen-bond donors (Lipinski definition) is 0. The molecule has 0 aromatic heterocycles. The minimum Gasteiger partial charge on any atom is -0.741 e. The molecule has 6 nitrogen and oxygen atoms in total.